The van der Waals surface area contributed by atoms with Crippen LogP contribution in [0.5, 0.6) is 0 Å². The Balaban J connectivity index is 2.78. The van der Waals surface area contributed by atoms with Crippen molar-refractivity contribution < 1.29 is 4.79 Å². The molecule has 2 amide bonds. The molecule has 0 unspecified atom stereocenters. The van der Waals surface area contributed by atoms with Gasteiger partial charge in [-0.2, -0.15) is 0 Å². The van der Waals surface area contributed by atoms with E-state index in [1.54, 1.807) is 7.05 Å². The van der Waals surface area contributed by atoms with Crippen molar-refractivity contribution in [3.05, 3.63) is 29.8 Å². The highest BCUT2D eigenvalue weighted by Gasteiger charge is 2.02. The predicted octanol–water partition coefficient (Wildman–Crippen LogP) is 2.39. The lowest BCUT2D eigenvalue weighted by Gasteiger charge is -2.09. The molecule has 2 N–H and O–H groups in total. The maximum absolute atomic E-state index is 11.1. The Hall–Kier alpha value is -1.51. The summed E-state index contributed by atoms with van der Waals surface area (Å²) in [6, 6.07) is 7.69. The van der Waals surface area contributed by atoms with Crippen LogP contribution in [-0.4, -0.2) is 13.1 Å². The third kappa shape index (κ3) is 2.76. The highest BCUT2D eigenvalue weighted by molar-refractivity contribution is 5.89. The van der Waals surface area contributed by atoms with Gasteiger partial charge in [0.2, 0.25) is 0 Å². The molecule has 14 heavy (non-hydrogen) atoms. The highest BCUT2D eigenvalue weighted by Crippen LogP contribution is 2.16. The summed E-state index contributed by atoms with van der Waals surface area (Å²) in [6.45, 7) is 2.12. The number of amides is 2. The standard InChI is InChI=1S/C11H16N2O/c1-3-6-9-7-4-5-8-10(9)13-11(14)12-2/h4-5,7-8H,3,6H2,1-2H3,(H2,12,13,14). The van der Waals surface area contributed by atoms with Gasteiger partial charge in [-0.1, -0.05) is 31.5 Å². The minimum atomic E-state index is -0.173. The van der Waals surface area contributed by atoms with E-state index < -0.39 is 0 Å². The molecule has 0 heterocycles. The first-order valence-electron chi connectivity index (χ1n) is 4.84. The Kier molecular flexibility index (Phi) is 3.98. The summed E-state index contributed by atoms with van der Waals surface area (Å²) in [5.74, 6) is 0. The zero-order valence-electron chi connectivity index (χ0n) is 8.63. The third-order valence-electron chi connectivity index (χ3n) is 2.01. The lowest BCUT2D eigenvalue weighted by Crippen LogP contribution is -2.25. The molecule has 0 spiro atoms. The number of carbonyl (C=O) groups is 1. The van der Waals surface area contributed by atoms with Crippen LogP contribution in [0.1, 0.15) is 18.9 Å². The van der Waals surface area contributed by atoms with Crippen molar-refractivity contribution in [3.8, 4) is 0 Å². The zero-order valence-corrected chi connectivity index (χ0v) is 8.63. The number of urea groups is 1. The lowest BCUT2D eigenvalue weighted by atomic mass is 10.1. The molecule has 0 aromatic heterocycles. The number of nitrogens with one attached hydrogen (secondary N) is 2. The molecule has 0 aliphatic rings. The van der Waals surface area contributed by atoms with Gasteiger partial charge in [0.1, 0.15) is 0 Å². The second-order valence-electron chi connectivity index (χ2n) is 3.11. The van der Waals surface area contributed by atoms with Crippen LogP contribution in [0.25, 0.3) is 0 Å². The molecule has 0 saturated carbocycles. The first-order valence-corrected chi connectivity index (χ1v) is 4.84. The van der Waals surface area contributed by atoms with Crippen LogP contribution in [0, 0.1) is 0 Å². The first kappa shape index (κ1) is 10.6. The number of anilines is 1. The summed E-state index contributed by atoms with van der Waals surface area (Å²) in [5.41, 5.74) is 2.08. The summed E-state index contributed by atoms with van der Waals surface area (Å²) in [4.78, 5) is 11.1. The number of carbonyl (C=O) groups excluding carboxylic acids is 1. The molecule has 1 rings (SSSR count). The fourth-order valence-corrected chi connectivity index (χ4v) is 1.31. The molecule has 0 bridgehead atoms. The summed E-state index contributed by atoms with van der Waals surface area (Å²) >= 11 is 0. The average molecular weight is 192 g/mol. The maximum atomic E-state index is 11.1. The topological polar surface area (TPSA) is 41.1 Å². The monoisotopic (exact) mass is 192 g/mol. The van der Waals surface area contributed by atoms with Crippen LogP contribution in [0.3, 0.4) is 0 Å². The molecule has 0 aliphatic heterocycles. The number of rotatable bonds is 3. The number of aryl methyl sites for hydroxylation is 1. The average Bonchev–Trinajstić information content (AvgIpc) is 2.21. The molecule has 3 heteroatoms. The lowest BCUT2D eigenvalue weighted by molar-refractivity contribution is 0.254. The molecule has 0 atom stereocenters. The van der Waals surface area contributed by atoms with Gasteiger partial charge in [-0.25, -0.2) is 4.79 Å². The van der Waals surface area contributed by atoms with E-state index in [0.717, 1.165) is 18.5 Å². The van der Waals surface area contributed by atoms with Gasteiger partial charge in [0.25, 0.3) is 0 Å². The van der Waals surface area contributed by atoms with E-state index >= 15 is 0 Å². The number of para-hydroxylation sites is 1. The van der Waals surface area contributed by atoms with Crippen molar-refractivity contribution in [2.75, 3.05) is 12.4 Å². The van der Waals surface area contributed by atoms with Gasteiger partial charge < -0.3 is 10.6 Å². The molecule has 76 valence electrons. The van der Waals surface area contributed by atoms with E-state index in [0.29, 0.717) is 0 Å². The number of hydrogen-bond acceptors (Lipinski definition) is 1. The van der Waals surface area contributed by atoms with Crippen LogP contribution < -0.4 is 10.6 Å². The van der Waals surface area contributed by atoms with Crippen molar-refractivity contribution in [2.24, 2.45) is 0 Å². The second-order valence-corrected chi connectivity index (χ2v) is 3.11. The highest BCUT2D eigenvalue weighted by atomic mass is 16.2. The van der Waals surface area contributed by atoms with Crippen molar-refractivity contribution in [1.29, 1.82) is 0 Å². The van der Waals surface area contributed by atoms with Crippen LogP contribution in [-0.2, 0) is 6.42 Å². The number of hydrogen-bond donors (Lipinski definition) is 2. The minimum absolute atomic E-state index is 0.173. The van der Waals surface area contributed by atoms with Gasteiger partial charge in [-0.15, -0.1) is 0 Å². The van der Waals surface area contributed by atoms with Gasteiger partial charge in [0, 0.05) is 12.7 Å². The smallest absolute Gasteiger partial charge is 0.318 e. The Morgan fingerprint density at radius 3 is 2.71 bits per heavy atom. The van der Waals surface area contributed by atoms with E-state index in [-0.39, 0.29) is 6.03 Å². The van der Waals surface area contributed by atoms with Crippen LogP contribution >= 0.6 is 0 Å². The second kappa shape index (κ2) is 5.27. The molecule has 3 nitrogen and oxygen atoms in total. The van der Waals surface area contributed by atoms with Crippen LogP contribution in [0.4, 0.5) is 10.5 Å². The number of benzene rings is 1. The summed E-state index contributed by atoms with van der Waals surface area (Å²) in [6.07, 6.45) is 2.06. The molecule has 1 aromatic rings. The minimum Gasteiger partial charge on any atom is -0.341 e. The Morgan fingerprint density at radius 2 is 2.07 bits per heavy atom. The molecular weight excluding hydrogens is 176 g/mol. The van der Waals surface area contributed by atoms with Crippen molar-refractivity contribution in [2.45, 2.75) is 19.8 Å². The van der Waals surface area contributed by atoms with Crippen LogP contribution in [0.2, 0.25) is 0 Å². The van der Waals surface area contributed by atoms with E-state index in [9.17, 15) is 4.79 Å². The van der Waals surface area contributed by atoms with E-state index in [2.05, 4.69) is 17.6 Å². The normalized spacial score (nSPS) is 9.57. The van der Waals surface area contributed by atoms with Gasteiger partial charge in [-0.3, -0.25) is 0 Å². The summed E-state index contributed by atoms with van der Waals surface area (Å²) in [7, 11) is 1.61. The Bertz CT molecular complexity index is 310. The quantitative estimate of drug-likeness (QED) is 0.758. The first-order chi connectivity index (χ1) is 6.77. The summed E-state index contributed by atoms with van der Waals surface area (Å²) < 4.78 is 0. The largest absolute Gasteiger partial charge is 0.341 e. The molecular formula is C11H16N2O. The van der Waals surface area contributed by atoms with Crippen LogP contribution in [0.15, 0.2) is 24.3 Å². The molecule has 1 aromatic carbocycles. The van der Waals surface area contributed by atoms with E-state index in [1.807, 2.05) is 24.3 Å². The van der Waals surface area contributed by atoms with Gasteiger partial charge in [0.15, 0.2) is 0 Å². The zero-order chi connectivity index (χ0) is 10.4. The fraction of sp³-hybridized carbons (Fsp3) is 0.364. The molecule has 0 aliphatic carbocycles. The van der Waals surface area contributed by atoms with Gasteiger partial charge in [0.05, 0.1) is 0 Å². The molecule has 0 radical (unpaired) electrons. The van der Waals surface area contributed by atoms with Gasteiger partial charge in [-0.05, 0) is 18.1 Å². The third-order valence-corrected chi connectivity index (χ3v) is 2.01. The SMILES string of the molecule is CCCc1ccccc1NC(=O)NC. The van der Waals surface area contributed by atoms with Crippen molar-refractivity contribution in [1.82, 2.24) is 5.32 Å². The molecule has 0 fully saturated rings. The van der Waals surface area contributed by atoms with E-state index in [4.69, 9.17) is 0 Å². The maximum Gasteiger partial charge on any atom is 0.318 e. The van der Waals surface area contributed by atoms with Crippen molar-refractivity contribution >= 4 is 11.7 Å². The van der Waals surface area contributed by atoms with Gasteiger partial charge >= 0.3 is 6.03 Å². The fourth-order valence-electron chi connectivity index (χ4n) is 1.31. The van der Waals surface area contributed by atoms with Crippen molar-refractivity contribution in [3.63, 3.8) is 0 Å². The van der Waals surface area contributed by atoms with E-state index in [1.165, 1.54) is 5.56 Å². The molecule has 0 saturated heterocycles. The Labute approximate surface area is 84.5 Å². The summed E-state index contributed by atoms with van der Waals surface area (Å²) in [5, 5.41) is 5.33. The predicted molar refractivity (Wildman–Crippen MR) is 58.5 cm³/mol. The Morgan fingerprint density at radius 1 is 1.36 bits per heavy atom.